The van der Waals surface area contributed by atoms with Crippen molar-refractivity contribution in [3.8, 4) is 28.6 Å². The van der Waals surface area contributed by atoms with Crippen LogP contribution in [0.3, 0.4) is 0 Å². The molecule has 0 unspecified atom stereocenters. The lowest BCUT2D eigenvalue weighted by atomic mass is 10.0. The highest BCUT2D eigenvalue weighted by atomic mass is 32.2. The molecule has 0 radical (unpaired) electrons. The van der Waals surface area contributed by atoms with Crippen LogP contribution in [0.4, 0.5) is 0 Å². The summed E-state index contributed by atoms with van der Waals surface area (Å²) >= 11 is 0. The van der Waals surface area contributed by atoms with Crippen LogP contribution < -0.4 is 9.46 Å². The number of hydrogen-bond donors (Lipinski definition) is 1. The monoisotopic (exact) mass is 498 g/mol. The molecule has 1 atom stereocenters. The van der Waals surface area contributed by atoms with Gasteiger partial charge in [0.2, 0.25) is 21.8 Å². The fourth-order valence-electron chi connectivity index (χ4n) is 4.16. The van der Waals surface area contributed by atoms with Crippen molar-refractivity contribution in [2.24, 2.45) is 0 Å². The molecule has 0 bridgehead atoms. The van der Waals surface area contributed by atoms with E-state index in [1.54, 1.807) is 0 Å². The fourth-order valence-corrected chi connectivity index (χ4v) is 5.50. The third-order valence-electron chi connectivity index (χ3n) is 5.86. The first-order valence-electron chi connectivity index (χ1n) is 11.5. The molecule has 0 saturated heterocycles. The lowest BCUT2D eigenvalue weighted by Gasteiger charge is -2.16. The minimum absolute atomic E-state index is 0.0801. The van der Waals surface area contributed by atoms with E-state index in [9.17, 15) is 13.2 Å². The molecule has 35 heavy (non-hydrogen) atoms. The quantitative estimate of drug-likeness (QED) is 0.505. The summed E-state index contributed by atoms with van der Waals surface area (Å²) < 4.78 is 39.1. The normalized spacial score (nSPS) is 15.3. The number of aromatic nitrogens is 2. The van der Waals surface area contributed by atoms with Crippen LogP contribution in [0.5, 0.6) is 5.75 Å². The molecule has 1 N–H and O–H groups in total. The van der Waals surface area contributed by atoms with Gasteiger partial charge in [-0.25, -0.2) is 13.1 Å². The highest BCUT2D eigenvalue weighted by Crippen LogP contribution is 2.38. The Morgan fingerprint density at radius 3 is 2.71 bits per heavy atom. The second-order valence-electron chi connectivity index (χ2n) is 9.20. The summed E-state index contributed by atoms with van der Waals surface area (Å²) in [5, 5.41) is 4.19. The molecule has 0 aliphatic heterocycles. The first-order valence-corrected chi connectivity index (χ1v) is 13.1. The fraction of sp³-hybridized carbons (Fsp3) is 0.400. The van der Waals surface area contributed by atoms with E-state index in [0.29, 0.717) is 24.6 Å². The molecular formula is C25H30N4O5S. The van der Waals surface area contributed by atoms with Crippen molar-refractivity contribution in [3.05, 3.63) is 53.1 Å². The zero-order chi connectivity index (χ0) is 25.3. The number of hydrogen-bond acceptors (Lipinski definition) is 7. The van der Waals surface area contributed by atoms with Crippen LogP contribution in [0.2, 0.25) is 0 Å². The van der Waals surface area contributed by atoms with Gasteiger partial charge in [0.15, 0.2) is 0 Å². The van der Waals surface area contributed by atoms with Crippen molar-refractivity contribution in [3.63, 3.8) is 0 Å². The largest absolute Gasteiger partial charge is 0.491 e. The predicted molar refractivity (Wildman–Crippen MR) is 132 cm³/mol. The number of nitrogens with zero attached hydrogens (tertiary/aromatic N) is 3. The Labute approximate surface area is 205 Å². The third kappa shape index (κ3) is 5.54. The van der Waals surface area contributed by atoms with Gasteiger partial charge >= 0.3 is 0 Å². The minimum atomic E-state index is -3.78. The molecule has 10 heteroatoms. The molecule has 1 aromatic heterocycles. The molecule has 4 rings (SSSR count). The third-order valence-corrected chi connectivity index (χ3v) is 7.13. The van der Waals surface area contributed by atoms with E-state index in [1.807, 2.05) is 57.2 Å². The summed E-state index contributed by atoms with van der Waals surface area (Å²) in [5.41, 5.74) is 4.41. The zero-order valence-corrected chi connectivity index (χ0v) is 21.3. The minimum Gasteiger partial charge on any atom is -0.491 e. The summed E-state index contributed by atoms with van der Waals surface area (Å²) in [7, 11) is -0.716. The van der Waals surface area contributed by atoms with Crippen LogP contribution in [-0.4, -0.2) is 55.3 Å². The van der Waals surface area contributed by atoms with Gasteiger partial charge in [-0.2, -0.15) is 4.98 Å². The van der Waals surface area contributed by atoms with Gasteiger partial charge in [0.25, 0.3) is 5.89 Å². The second-order valence-corrected chi connectivity index (χ2v) is 11.0. The number of amides is 1. The number of carbonyl (C=O) groups is 1. The van der Waals surface area contributed by atoms with Crippen molar-refractivity contribution in [1.82, 2.24) is 19.8 Å². The molecule has 0 fully saturated rings. The average molecular weight is 499 g/mol. The van der Waals surface area contributed by atoms with Gasteiger partial charge in [-0.3, -0.25) is 4.79 Å². The molecular weight excluding hydrogens is 468 g/mol. The highest BCUT2D eigenvalue weighted by Gasteiger charge is 2.30. The molecule has 1 amide bonds. The molecule has 0 saturated carbocycles. The van der Waals surface area contributed by atoms with Crippen LogP contribution in [0, 0.1) is 6.92 Å². The predicted octanol–water partition coefficient (Wildman–Crippen LogP) is 3.49. The SMILES string of the molecule is Cc1cc(-c2nc(-c3cccc4c3CC[C@@H]4NS(=O)(=O)CC(=O)N(C)C)no2)ccc1OC(C)C. The van der Waals surface area contributed by atoms with E-state index in [-0.39, 0.29) is 6.10 Å². The number of rotatable bonds is 8. The van der Waals surface area contributed by atoms with Gasteiger partial charge < -0.3 is 14.2 Å². The summed E-state index contributed by atoms with van der Waals surface area (Å²) in [4.78, 5) is 17.8. The molecule has 186 valence electrons. The van der Waals surface area contributed by atoms with E-state index in [2.05, 4.69) is 14.9 Å². The molecule has 2 aromatic carbocycles. The number of aryl methyl sites for hydroxylation is 1. The average Bonchev–Trinajstić information content (AvgIpc) is 3.42. The van der Waals surface area contributed by atoms with Gasteiger partial charge in [-0.1, -0.05) is 23.4 Å². The number of ether oxygens (including phenoxy) is 1. The summed E-state index contributed by atoms with van der Waals surface area (Å²) in [6.07, 6.45) is 1.32. The number of benzene rings is 2. The molecule has 0 spiro atoms. The van der Waals surface area contributed by atoms with Crippen LogP contribution in [0.1, 0.15) is 43.0 Å². The number of nitrogens with one attached hydrogen (secondary N) is 1. The smallest absolute Gasteiger partial charge is 0.258 e. The molecule has 1 heterocycles. The van der Waals surface area contributed by atoms with Gasteiger partial charge in [-0.05, 0) is 68.5 Å². The summed E-state index contributed by atoms with van der Waals surface area (Å²) in [6.45, 7) is 5.93. The maximum Gasteiger partial charge on any atom is 0.258 e. The Bertz CT molecular complexity index is 1350. The standard InChI is InChI=1S/C25H30N4O5S/c1-15(2)33-22-12-9-17(13-16(22)3)25-26-24(27-34-25)20-8-6-7-19-18(20)10-11-21(19)28-35(31,32)14-23(30)29(4)5/h6-9,12-13,15,21,28H,10-11,14H2,1-5H3/t21-/m0/s1. The first kappa shape index (κ1) is 24.9. The first-order chi connectivity index (χ1) is 16.5. The Morgan fingerprint density at radius 1 is 1.26 bits per heavy atom. The number of carbonyl (C=O) groups excluding carboxylic acids is 1. The van der Waals surface area contributed by atoms with E-state index in [0.717, 1.165) is 33.6 Å². The number of sulfonamides is 1. The van der Waals surface area contributed by atoms with E-state index < -0.39 is 27.7 Å². The van der Waals surface area contributed by atoms with Crippen molar-refractivity contribution in [2.75, 3.05) is 19.8 Å². The van der Waals surface area contributed by atoms with Gasteiger partial charge in [0.05, 0.1) is 6.10 Å². The van der Waals surface area contributed by atoms with Crippen molar-refractivity contribution < 1.29 is 22.5 Å². The Kier molecular flexibility index (Phi) is 6.95. The van der Waals surface area contributed by atoms with Crippen molar-refractivity contribution >= 4 is 15.9 Å². The van der Waals surface area contributed by atoms with Crippen molar-refractivity contribution in [1.29, 1.82) is 0 Å². The molecule has 3 aromatic rings. The Hall–Kier alpha value is -3.24. The van der Waals surface area contributed by atoms with E-state index in [4.69, 9.17) is 9.26 Å². The number of fused-ring (bicyclic) bond motifs is 1. The summed E-state index contributed by atoms with van der Waals surface area (Å²) in [6, 6.07) is 11.0. The van der Waals surface area contributed by atoms with Crippen LogP contribution in [-0.2, 0) is 21.2 Å². The second kappa shape index (κ2) is 9.79. The topological polar surface area (TPSA) is 115 Å². The summed E-state index contributed by atoms with van der Waals surface area (Å²) in [5.74, 6) is 0.602. The Balaban J connectivity index is 1.57. The lowest BCUT2D eigenvalue weighted by Crippen LogP contribution is -2.37. The maximum absolute atomic E-state index is 12.5. The lowest BCUT2D eigenvalue weighted by molar-refractivity contribution is -0.125. The zero-order valence-electron chi connectivity index (χ0n) is 20.5. The van der Waals surface area contributed by atoms with Crippen LogP contribution in [0.25, 0.3) is 22.8 Å². The molecule has 9 nitrogen and oxygen atoms in total. The van der Waals surface area contributed by atoms with Gasteiger partial charge in [-0.15, -0.1) is 0 Å². The van der Waals surface area contributed by atoms with E-state index in [1.165, 1.54) is 19.0 Å². The van der Waals surface area contributed by atoms with Crippen molar-refractivity contribution in [2.45, 2.75) is 45.8 Å². The molecule has 1 aliphatic rings. The molecule has 1 aliphatic carbocycles. The van der Waals surface area contributed by atoms with Gasteiger partial charge in [0.1, 0.15) is 11.5 Å². The highest BCUT2D eigenvalue weighted by molar-refractivity contribution is 7.90. The Morgan fingerprint density at radius 2 is 2.03 bits per heavy atom. The van der Waals surface area contributed by atoms with E-state index >= 15 is 0 Å². The van der Waals surface area contributed by atoms with Crippen LogP contribution >= 0.6 is 0 Å². The van der Waals surface area contributed by atoms with Gasteiger partial charge in [0, 0.05) is 31.3 Å². The van der Waals surface area contributed by atoms with Crippen LogP contribution in [0.15, 0.2) is 40.9 Å². The maximum atomic E-state index is 12.5.